The fraction of sp³-hybridized carbons (Fsp3) is 0.548. The lowest BCUT2D eigenvalue weighted by Gasteiger charge is -2.29. The summed E-state index contributed by atoms with van der Waals surface area (Å²) in [6, 6.07) is 6.93. The summed E-state index contributed by atoms with van der Waals surface area (Å²) in [7, 11) is 0. The number of aliphatic hydroxyl groups excluding tert-OH is 3. The Balaban J connectivity index is 2.16. The van der Waals surface area contributed by atoms with Gasteiger partial charge in [0, 0.05) is 23.0 Å². The van der Waals surface area contributed by atoms with Gasteiger partial charge in [-0.3, -0.25) is 24.4 Å². The van der Waals surface area contributed by atoms with Crippen LogP contribution in [-0.4, -0.2) is 88.7 Å². The van der Waals surface area contributed by atoms with Gasteiger partial charge in [0.05, 0.1) is 45.1 Å². The summed E-state index contributed by atoms with van der Waals surface area (Å²) in [5, 5.41) is 44.6. The van der Waals surface area contributed by atoms with Gasteiger partial charge < -0.3 is 35.1 Å². The number of carbonyl (C=O) groups is 4. The SMILES string of the molecule is CCCCC[C@@H](C(=O)NCNC(=O)c1ccc(-c2cc(OCC)cc(C(=O)CC(CO)(CO)CO)c2)o1)[C@@H](CC)N(O)C=O. The highest BCUT2D eigenvalue weighted by Crippen LogP contribution is 2.31. The van der Waals surface area contributed by atoms with Crippen LogP contribution in [0.2, 0.25) is 0 Å². The van der Waals surface area contributed by atoms with E-state index in [0.717, 1.165) is 19.3 Å². The third-order valence-electron chi connectivity index (χ3n) is 7.49. The van der Waals surface area contributed by atoms with E-state index in [1.54, 1.807) is 19.9 Å². The summed E-state index contributed by atoms with van der Waals surface area (Å²) in [6.07, 6.45) is 3.36. The molecule has 44 heavy (non-hydrogen) atoms. The van der Waals surface area contributed by atoms with Gasteiger partial charge in [-0.05, 0) is 50.1 Å². The van der Waals surface area contributed by atoms with Gasteiger partial charge >= 0.3 is 0 Å². The van der Waals surface area contributed by atoms with Gasteiger partial charge in [-0.25, -0.2) is 5.06 Å². The Hall–Kier alpha value is -3.78. The maximum absolute atomic E-state index is 13.0. The zero-order chi connectivity index (χ0) is 32.7. The minimum absolute atomic E-state index is 0.0581. The summed E-state index contributed by atoms with van der Waals surface area (Å²) in [4.78, 5) is 50.0. The second-order valence-electron chi connectivity index (χ2n) is 10.7. The number of hydrogen-bond donors (Lipinski definition) is 6. The van der Waals surface area contributed by atoms with Gasteiger partial charge in [0.2, 0.25) is 12.3 Å². The number of nitrogens with zero attached hydrogens (tertiary/aromatic N) is 1. The maximum Gasteiger partial charge on any atom is 0.288 e. The Bertz CT molecular complexity index is 1220. The molecule has 0 aliphatic carbocycles. The molecule has 0 saturated carbocycles. The van der Waals surface area contributed by atoms with E-state index in [1.807, 2.05) is 6.92 Å². The van der Waals surface area contributed by atoms with E-state index >= 15 is 0 Å². The Morgan fingerprint density at radius 3 is 2.32 bits per heavy atom. The number of nitrogens with one attached hydrogen (secondary N) is 2. The molecule has 0 fully saturated rings. The van der Waals surface area contributed by atoms with Gasteiger partial charge in [-0.1, -0.05) is 33.1 Å². The van der Waals surface area contributed by atoms with E-state index in [4.69, 9.17) is 9.15 Å². The Kier molecular flexibility index (Phi) is 15.0. The maximum atomic E-state index is 13.0. The first kappa shape index (κ1) is 36.4. The van der Waals surface area contributed by atoms with Gasteiger partial charge in [-0.15, -0.1) is 0 Å². The van der Waals surface area contributed by atoms with Crippen molar-refractivity contribution in [3.8, 4) is 17.1 Å². The zero-order valence-electron chi connectivity index (χ0n) is 25.6. The van der Waals surface area contributed by atoms with Crippen molar-refractivity contribution >= 4 is 24.0 Å². The Morgan fingerprint density at radius 1 is 1.02 bits per heavy atom. The van der Waals surface area contributed by atoms with E-state index < -0.39 is 54.8 Å². The molecule has 3 amide bonds. The molecule has 0 radical (unpaired) electrons. The highest BCUT2D eigenvalue weighted by atomic mass is 16.5. The number of furan rings is 1. The highest BCUT2D eigenvalue weighted by molar-refractivity contribution is 5.98. The number of Topliss-reactive ketones (excluding diaryl/α,β-unsaturated/α-hetero) is 1. The van der Waals surface area contributed by atoms with Crippen LogP contribution >= 0.6 is 0 Å². The molecule has 1 aromatic heterocycles. The number of benzene rings is 1. The molecule has 0 spiro atoms. The van der Waals surface area contributed by atoms with Crippen molar-refractivity contribution in [2.75, 3.05) is 33.1 Å². The largest absolute Gasteiger partial charge is 0.494 e. The first-order valence-electron chi connectivity index (χ1n) is 14.8. The average Bonchev–Trinajstić information content (AvgIpc) is 3.54. The van der Waals surface area contributed by atoms with Crippen molar-refractivity contribution in [1.29, 1.82) is 0 Å². The molecule has 2 atom stereocenters. The molecule has 0 unspecified atom stereocenters. The number of unbranched alkanes of at least 4 members (excludes halogenated alkanes) is 2. The van der Waals surface area contributed by atoms with Crippen LogP contribution in [0.25, 0.3) is 11.3 Å². The van der Waals surface area contributed by atoms with Crippen LogP contribution < -0.4 is 15.4 Å². The third kappa shape index (κ3) is 9.88. The zero-order valence-corrected chi connectivity index (χ0v) is 25.6. The van der Waals surface area contributed by atoms with Crippen LogP contribution in [0.1, 0.15) is 80.2 Å². The second-order valence-corrected chi connectivity index (χ2v) is 10.7. The lowest BCUT2D eigenvalue weighted by molar-refractivity contribution is -0.168. The van der Waals surface area contributed by atoms with E-state index in [-0.39, 0.29) is 36.6 Å². The molecule has 2 aromatic rings. The van der Waals surface area contributed by atoms with Crippen molar-refractivity contribution in [1.82, 2.24) is 15.7 Å². The van der Waals surface area contributed by atoms with Crippen LogP contribution in [0.3, 0.4) is 0 Å². The van der Waals surface area contributed by atoms with Crippen LogP contribution in [0, 0.1) is 11.3 Å². The van der Waals surface area contributed by atoms with E-state index in [2.05, 4.69) is 10.6 Å². The predicted octanol–water partition coefficient (Wildman–Crippen LogP) is 2.51. The third-order valence-corrected chi connectivity index (χ3v) is 7.49. The summed E-state index contributed by atoms with van der Waals surface area (Å²) >= 11 is 0. The van der Waals surface area contributed by atoms with Gasteiger partial charge in [0.1, 0.15) is 11.5 Å². The monoisotopic (exact) mass is 619 g/mol. The predicted molar refractivity (Wildman–Crippen MR) is 160 cm³/mol. The van der Waals surface area contributed by atoms with E-state index in [1.165, 1.54) is 24.3 Å². The lowest BCUT2D eigenvalue weighted by Crippen LogP contribution is -2.47. The molecule has 0 bridgehead atoms. The number of carbonyl (C=O) groups excluding carboxylic acids is 4. The molecular formula is C31H45N3O10. The molecule has 6 N–H and O–H groups in total. The van der Waals surface area contributed by atoms with Crippen molar-refractivity contribution in [3.63, 3.8) is 0 Å². The molecule has 2 rings (SSSR count). The molecular weight excluding hydrogens is 574 g/mol. The normalized spacial score (nSPS) is 12.7. The number of ether oxygens (including phenoxy) is 1. The number of hydrogen-bond acceptors (Lipinski definition) is 10. The van der Waals surface area contributed by atoms with Crippen molar-refractivity contribution in [2.24, 2.45) is 11.3 Å². The van der Waals surface area contributed by atoms with Gasteiger partial charge in [-0.2, -0.15) is 0 Å². The fourth-order valence-corrected chi connectivity index (χ4v) is 4.80. The number of aliphatic hydroxyl groups is 3. The first-order chi connectivity index (χ1) is 21.1. The molecule has 0 saturated heterocycles. The number of rotatable bonds is 21. The summed E-state index contributed by atoms with van der Waals surface area (Å²) in [6.45, 7) is 3.90. The molecule has 0 aliphatic heterocycles. The minimum atomic E-state index is -1.39. The van der Waals surface area contributed by atoms with Crippen LogP contribution in [-0.2, 0) is 9.59 Å². The summed E-state index contributed by atoms with van der Waals surface area (Å²) < 4.78 is 11.3. The molecule has 13 heteroatoms. The Labute approximate surface area is 257 Å². The number of amides is 3. The minimum Gasteiger partial charge on any atom is -0.494 e. The first-order valence-corrected chi connectivity index (χ1v) is 14.8. The summed E-state index contributed by atoms with van der Waals surface area (Å²) in [5.74, 6) is -1.58. The molecule has 13 nitrogen and oxygen atoms in total. The average molecular weight is 620 g/mol. The van der Waals surface area contributed by atoms with Crippen molar-refractivity contribution < 1.29 is 48.9 Å². The van der Waals surface area contributed by atoms with E-state index in [0.29, 0.717) is 35.8 Å². The van der Waals surface area contributed by atoms with Crippen LogP contribution in [0.15, 0.2) is 34.7 Å². The van der Waals surface area contributed by atoms with Gasteiger partial charge in [0.15, 0.2) is 11.5 Å². The second kappa shape index (κ2) is 18.1. The van der Waals surface area contributed by atoms with Gasteiger partial charge in [0.25, 0.3) is 5.91 Å². The van der Waals surface area contributed by atoms with E-state index in [9.17, 15) is 39.7 Å². The lowest BCUT2D eigenvalue weighted by atomic mass is 9.83. The molecule has 0 aliphatic rings. The van der Waals surface area contributed by atoms with Crippen molar-refractivity contribution in [3.05, 3.63) is 41.7 Å². The van der Waals surface area contributed by atoms with Crippen molar-refractivity contribution in [2.45, 2.75) is 65.3 Å². The topological polar surface area (TPSA) is 199 Å². The highest BCUT2D eigenvalue weighted by Gasteiger charge is 2.32. The van der Waals surface area contributed by atoms with Crippen LogP contribution in [0.4, 0.5) is 0 Å². The quantitative estimate of drug-likeness (QED) is 0.0301. The Morgan fingerprint density at radius 2 is 1.73 bits per heavy atom. The summed E-state index contributed by atoms with van der Waals surface area (Å²) in [5.41, 5.74) is -0.757. The van der Waals surface area contributed by atoms with Crippen LogP contribution in [0.5, 0.6) is 5.75 Å². The smallest absolute Gasteiger partial charge is 0.288 e. The molecule has 244 valence electrons. The number of hydroxylamine groups is 2. The number of ketones is 1. The molecule has 1 aromatic carbocycles. The molecule has 1 heterocycles. The fourth-order valence-electron chi connectivity index (χ4n) is 4.80. The standard InChI is InChI=1S/C31H45N3O10/c1-4-7-8-9-24(25(5-2)34(42)20-38)29(40)32-19-33-30(41)28-11-10-27(44-28)22-12-21(13-23(14-22)43-6-3)26(39)15-31(16-35,17-36)18-37/h10-14,20,24-25,35-37,42H,4-9,15-19H2,1-3H3,(H,32,40)(H,33,41)/t24-,25-/m1/s1.